The monoisotopic (exact) mass is 763 g/mol. The Bertz CT molecular complexity index is 780. The van der Waals surface area contributed by atoms with Crippen molar-refractivity contribution in [2.45, 2.75) is 271 Å². The molecule has 1 unspecified atom stereocenters. The third-order valence-corrected chi connectivity index (χ3v) is 10.8. The zero-order valence-corrected chi connectivity index (χ0v) is 36.8. The number of hydrogen-bond acceptors (Lipinski definition) is 5. The summed E-state index contributed by atoms with van der Waals surface area (Å²) >= 11 is 0. The van der Waals surface area contributed by atoms with Crippen molar-refractivity contribution in [3.05, 3.63) is 12.2 Å². The lowest BCUT2D eigenvalue weighted by Crippen LogP contribution is -2.30. The minimum atomic E-state index is -0.527. The molecule has 1 atom stereocenters. The molecule has 0 aliphatic heterocycles. The average Bonchev–Trinajstić information content (AvgIpc) is 3.17. The Balaban J connectivity index is 4.17. The molecule has 0 aromatic carbocycles. The minimum absolute atomic E-state index is 0.0894. The number of hydrogen-bond donors (Lipinski definition) is 0. The van der Waals surface area contributed by atoms with E-state index in [0.29, 0.717) is 26.1 Å². The van der Waals surface area contributed by atoms with Gasteiger partial charge in [0.25, 0.3) is 0 Å². The maximum absolute atomic E-state index is 12.7. The number of carbonyl (C=O) groups is 2. The van der Waals surface area contributed by atoms with Crippen molar-refractivity contribution in [1.82, 2.24) is 0 Å². The normalized spacial score (nSPS) is 12.1. The molecular weight excluding hydrogens is 669 g/mol. The van der Waals surface area contributed by atoms with Crippen molar-refractivity contribution in [2.75, 3.05) is 19.8 Å². The third kappa shape index (κ3) is 43.4. The van der Waals surface area contributed by atoms with Gasteiger partial charge in [0.2, 0.25) is 0 Å². The zero-order valence-electron chi connectivity index (χ0n) is 36.8. The Morgan fingerprint density at radius 2 is 0.722 bits per heavy atom. The van der Waals surface area contributed by atoms with Gasteiger partial charge in [0.15, 0.2) is 6.10 Å². The highest BCUT2D eigenvalue weighted by Crippen LogP contribution is 2.15. The van der Waals surface area contributed by atoms with Gasteiger partial charge >= 0.3 is 11.9 Å². The van der Waals surface area contributed by atoms with Crippen LogP contribution in [0.3, 0.4) is 0 Å². The smallest absolute Gasteiger partial charge is 0.306 e. The summed E-state index contributed by atoms with van der Waals surface area (Å²) in [5, 5.41) is 0. The first-order valence-electron chi connectivity index (χ1n) is 24.2. The van der Waals surface area contributed by atoms with Crippen LogP contribution in [-0.4, -0.2) is 37.9 Å². The van der Waals surface area contributed by atoms with Gasteiger partial charge in [-0.25, -0.2) is 0 Å². The largest absolute Gasteiger partial charge is 0.462 e. The molecule has 0 aromatic rings. The van der Waals surface area contributed by atoms with Crippen LogP contribution in [0, 0.1) is 0 Å². The number of ether oxygens (including phenoxy) is 3. The van der Waals surface area contributed by atoms with Gasteiger partial charge in [0, 0.05) is 19.4 Å². The van der Waals surface area contributed by atoms with E-state index in [-0.39, 0.29) is 18.5 Å². The number of carbonyl (C=O) groups excluding carboxylic acids is 2. The highest BCUT2D eigenvalue weighted by molar-refractivity contribution is 5.70. The van der Waals surface area contributed by atoms with E-state index in [2.05, 4.69) is 32.9 Å². The van der Waals surface area contributed by atoms with E-state index in [1.54, 1.807) is 0 Å². The van der Waals surface area contributed by atoms with Gasteiger partial charge in [-0.15, -0.1) is 0 Å². The van der Waals surface area contributed by atoms with Crippen LogP contribution in [-0.2, 0) is 23.8 Å². The van der Waals surface area contributed by atoms with Crippen LogP contribution < -0.4 is 0 Å². The number of unbranched alkanes of at least 4 members (excludes halogenated alkanes) is 32. The molecule has 0 fully saturated rings. The zero-order chi connectivity index (χ0) is 39.3. The molecule has 0 aliphatic rings. The second kappa shape index (κ2) is 46.0. The Morgan fingerprint density at radius 1 is 0.389 bits per heavy atom. The van der Waals surface area contributed by atoms with Gasteiger partial charge in [0.1, 0.15) is 6.61 Å². The number of esters is 2. The first-order chi connectivity index (χ1) is 26.6. The van der Waals surface area contributed by atoms with Gasteiger partial charge in [-0.3, -0.25) is 9.59 Å². The molecule has 5 heteroatoms. The summed E-state index contributed by atoms with van der Waals surface area (Å²) in [6, 6.07) is 0. The maximum Gasteiger partial charge on any atom is 0.306 e. The van der Waals surface area contributed by atoms with Crippen LogP contribution in [0.1, 0.15) is 265 Å². The van der Waals surface area contributed by atoms with Crippen LogP contribution in [0.15, 0.2) is 12.2 Å². The second-order valence-electron chi connectivity index (χ2n) is 16.4. The van der Waals surface area contributed by atoms with E-state index >= 15 is 0 Å². The molecular formula is C49H94O5. The molecule has 0 saturated carbocycles. The van der Waals surface area contributed by atoms with E-state index in [1.165, 1.54) is 193 Å². The van der Waals surface area contributed by atoms with Crippen molar-refractivity contribution >= 4 is 11.9 Å². The van der Waals surface area contributed by atoms with E-state index in [4.69, 9.17) is 14.2 Å². The van der Waals surface area contributed by atoms with Crippen LogP contribution >= 0.6 is 0 Å². The van der Waals surface area contributed by atoms with Gasteiger partial charge in [-0.2, -0.15) is 0 Å². The molecule has 320 valence electrons. The molecule has 0 aromatic heterocycles. The summed E-state index contributed by atoms with van der Waals surface area (Å²) in [5.74, 6) is -0.393. The number of allylic oxidation sites excluding steroid dienone is 2. The topological polar surface area (TPSA) is 61.8 Å². The van der Waals surface area contributed by atoms with Gasteiger partial charge in [-0.1, -0.05) is 219 Å². The van der Waals surface area contributed by atoms with E-state index in [1.807, 2.05) is 0 Å². The molecule has 0 radical (unpaired) electrons. The third-order valence-electron chi connectivity index (χ3n) is 10.8. The Morgan fingerprint density at radius 3 is 1.13 bits per heavy atom. The standard InChI is InChI=1S/C49H94O5/c1-4-7-10-13-16-19-21-23-25-26-28-31-33-36-39-42-48(50)53-46-47(54-49(51)43-40-37-34-30-18-15-12-9-6-3)45-52-44-41-38-35-32-29-27-24-22-20-17-14-11-8-5-2/h23,25,47H,4-22,24,26-46H2,1-3H3/b25-23-. The Labute approximate surface area is 337 Å². The lowest BCUT2D eigenvalue weighted by Gasteiger charge is -2.18. The molecule has 0 amide bonds. The number of rotatable bonds is 45. The van der Waals surface area contributed by atoms with Gasteiger partial charge < -0.3 is 14.2 Å². The second-order valence-corrected chi connectivity index (χ2v) is 16.4. The van der Waals surface area contributed by atoms with Crippen molar-refractivity contribution < 1.29 is 23.8 Å². The molecule has 0 N–H and O–H groups in total. The molecule has 0 rings (SSSR count). The molecule has 0 spiro atoms. The SMILES string of the molecule is CCCCCCCC/C=C\CCCCCCCC(=O)OCC(COCCCCCCCCCCCCCCCC)OC(=O)CCCCCCCCCCC. The lowest BCUT2D eigenvalue weighted by molar-refractivity contribution is -0.163. The first-order valence-corrected chi connectivity index (χ1v) is 24.2. The summed E-state index contributed by atoms with van der Waals surface area (Å²) in [6.45, 7) is 7.85. The quantitative estimate of drug-likeness (QED) is 0.0351. The predicted molar refractivity (Wildman–Crippen MR) is 233 cm³/mol. The fraction of sp³-hybridized carbons (Fsp3) is 0.918. The molecule has 0 aliphatic carbocycles. The van der Waals surface area contributed by atoms with Crippen molar-refractivity contribution in [3.63, 3.8) is 0 Å². The molecule has 5 nitrogen and oxygen atoms in total. The van der Waals surface area contributed by atoms with E-state index in [9.17, 15) is 9.59 Å². The van der Waals surface area contributed by atoms with Crippen molar-refractivity contribution in [3.8, 4) is 0 Å². The Hall–Kier alpha value is -1.36. The highest BCUT2D eigenvalue weighted by Gasteiger charge is 2.17. The fourth-order valence-corrected chi connectivity index (χ4v) is 7.15. The lowest BCUT2D eigenvalue weighted by atomic mass is 10.0. The molecule has 0 bridgehead atoms. The van der Waals surface area contributed by atoms with E-state index in [0.717, 1.165) is 38.5 Å². The van der Waals surface area contributed by atoms with Gasteiger partial charge in [-0.05, 0) is 44.9 Å². The molecule has 54 heavy (non-hydrogen) atoms. The summed E-state index contributed by atoms with van der Waals surface area (Å²) in [4.78, 5) is 25.2. The predicted octanol–water partition coefficient (Wildman–Crippen LogP) is 15.9. The van der Waals surface area contributed by atoms with Crippen LogP contribution in [0.25, 0.3) is 0 Å². The fourth-order valence-electron chi connectivity index (χ4n) is 7.15. The minimum Gasteiger partial charge on any atom is -0.462 e. The maximum atomic E-state index is 12.7. The first kappa shape index (κ1) is 52.6. The van der Waals surface area contributed by atoms with Gasteiger partial charge in [0.05, 0.1) is 6.61 Å². The van der Waals surface area contributed by atoms with E-state index < -0.39 is 6.10 Å². The van der Waals surface area contributed by atoms with Crippen LogP contribution in [0.4, 0.5) is 0 Å². The Kier molecular flexibility index (Phi) is 44.9. The van der Waals surface area contributed by atoms with Crippen molar-refractivity contribution in [1.29, 1.82) is 0 Å². The van der Waals surface area contributed by atoms with Crippen molar-refractivity contribution in [2.24, 2.45) is 0 Å². The summed E-state index contributed by atoms with van der Waals surface area (Å²) in [5.41, 5.74) is 0. The highest BCUT2D eigenvalue weighted by atomic mass is 16.6. The molecule has 0 heterocycles. The summed E-state index contributed by atoms with van der Waals surface area (Å²) in [7, 11) is 0. The van der Waals surface area contributed by atoms with Crippen LogP contribution in [0.5, 0.6) is 0 Å². The summed E-state index contributed by atoms with van der Waals surface area (Å²) < 4.78 is 17.3. The summed E-state index contributed by atoms with van der Waals surface area (Å²) in [6.07, 6.45) is 50.7. The van der Waals surface area contributed by atoms with Crippen LogP contribution in [0.2, 0.25) is 0 Å². The molecule has 0 saturated heterocycles. The average molecular weight is 763 g/mol.